The second-order valence-electron chi connectivity index (χ2n) is 9.23. The van der Waals surface area contributed by atoms with Crippen LogP contribution >= 0.6 is 0 Å². The summed E-state index contributed by atoms with van der Waals surface area (Å²) in [6, 6.07) is 23.8. The maximum absolute atomic E-state index is 13.2. The predicted molar refractivity (Wildman–Crippen MR) is 145 cm³/mol. The van der Waals surface area contributed by atoms with Crippen LogP contribution < -0.4 is 4.74 Å². The lowest BCUT2D eigenvalue weighted by atomic mass is 9.95. The smallest absolute Gasteiger partial charge is 0.295 e. The highest BCUT2D eigenvalue weighted by atomic mass is 16.5. The molecule has 0 aliphatic carbocycles. The largest absolute Gasteiger partial charge is 0.507 e. The Morgan fingerprint density at radius 2 is 1.65 bits per heavy atom. The Labute approximate surface area is 218 Å². The number of aryl methyl sites for hydroxylation is 1. The van der Waals surface area contributed by atoms with Crippen molar-refractivity contribution < 1.29 is 19.4 Å². The lowest BCUT2D eigenvalue weighted by Gasteiger charge is -2.28. The third-order valence-electron chi connectivity index (χ3n) is 6.82. The summed E-state index contributed by atoms with van der Waals surface area (Å²) in [5, 5.41) is 11.3. The van der Waals surface area contributed by atoms with Gasteiger partial charge in [0.1, 0.15) is 18.1 Å². The van der Waals surface area contributed by atoms with Crippen LogP contribution in [0.2, 0.25) is 0 Å². The highest BCUT2D eigenvalue weighted by Crippen LogP contribution is 2.39. The summed E-state index contributed by atoms with van der Waals surface area (Å²) >= 11 is 0. The van der Waals surface area contributed by atoms with E-state index in [1.54, 1.807) is 29.2 Å². The van der Waals surface area contributed by atoms with Gasteiger partial charge in [0.25, 0.3) is 11.7 Å². The Kier molecular flexibility index (Phi) is 8.41. The number of ether oxygens (including phenoxy) is 1. The van der Waals surface area contributed by atoms with Gasteiger partial charge >= 0.3 is 0 Å². The molecule has 3 aromatic carbocycles. The topological polar surface area (TPSA) is 70.1 Å². The minimum absolute atomic E-state index is 0.115. The molecule has 1 aliphatic heterocycles. The van der Waals surface area contributed by atoms with E-state index in [4.69, 9.17) is 4.74 Å². The second-order valence-corrected chi connectivity index (χ2v) is 9.23. The molecular weight excluding hydrogens is 464 g/mol. The Morgan fingerprint density at radius 3 is 2.30 bits per heavy atom. The van der Waals surface area contributed by atoms with E-state index in [0.29, 0.717) is 31.0 Å². The van der Waals surface area contributed by atoms with Crippen LogP contribution in [0.25, 0.3) is 5.76 Å². The summed E-state index contributed by atoms with van der Waals surface area (Å²) in [6.07, 6.45) is 0. The predicted octanol–water partition coefficient (Wildman–Crippen LogP) is 5.34. The van der Waals surface area contributed by atoms with E-state index in [1.807, 2.05) is 55.5 Å². The number of hydrogen-bond acceptors (Lipinski definition) is 5. The Bertz CT molecular complexity index is 1260. The van der Waals surface area contributed by atoms with Crippen LogP contribution in [0.3, 0.4) is 0 Å². The molecule has 1 aliphatic rings. The van der Waals surface area contributed by atoms with Gasteiger partial charge in [-0.1, -0.05) is 74.0 Å². The maximum Gasteiger partial charge on any atom is 0.295 e. The van der Waals surface area contributed by atoms with Crippen LogP contribution in [0.5, 0.6) is 5.75 Å². The fourth-order valence-electron chi connectivity index (χ4n) is 4.71. The minimum Gasteiger partial charge on any atom is -0.507 e. The number of amides is 1. The first-order valence-corrected chi connectivity index (χ1v) is 12.8. The highest BCUT2D eigenvalue weighted by molar-refractivity contribution is 6.46. The van der Waals surface area contributed by atoms with Crippen LogP contribution in [0, 0.1) is 6.92 Å². The Hall–Kier alpha value is -3.90. The van der Waals surface area contributed by atoms with E-state index in [-0.39, 0.29) is 11.3 Å². The molecule has 6 heteroatoms. The van der Waals surface area contributed by atoms with Crippen LogP contribution in [0.4, 0.5) is 0 Å². The number of carbonyl (C=O) groups is 2. The number of ketones is 1. The zero-order valence-electron chi connectivity index (χ0n) is 21.7. The van der Waals surface area contributed by atoms with Crippen molar-refractivity contribution >= 4 is 17.4 Å². The van der Waals surface area contributed by atoms with E-state index in [0.717, 1.165) is 24.2 Å². The van der Waals surface area contributed by atoms with Gasteiger partial charge in [-0.2, -0.15) is 0 Å². The summed E-state index contributed by atoms with van der Waals surface area (Å²) in [7, 11) is 0. The van der Waals surface area contributed by atoms with Crippen molar-refractivity contribution in [2.75, 3.05) is 26.2 Å². The van der Waals surface area contributed by atoms with Crippen molar-refractivity contribution in [3.63, 3.8) is 0 Å². The van der Waals surface area contributed by atoms with Gasteiger partial charge in [0, 0.05) is 18.7 Å². The summed E-state index contributed by atoms with van der Waals surface area (Å²) in [5.74, 6) is -0.772. The van der Waals surface area contributed by atoms with Crippen molar-refractivity contribution in [3.05, 3.63) is 107 Å². The fourth-order valence-corrected chi connectivity index (χ4v) is 4.71. The minimum atomic E-state index is -0.661. The first kappa shape index (κ1) is 26.2. The van der Waals surface area contributed by atoms with Gasteiger partial charge in [0.15, 0.2) is 0 Å². The summed E-state index contributed by atoms with van der Waals surface area (Å²) in [4.78, 5) is 30.1. The summed E-state index contributed by atoms with van der Waals surface area (Å²) in [5.41, 5.74) is 3.61. The molecule has 3 aromatic rings. The number of likely N-dealkylation sites (N-methyl/N-ethyl adjacent to an activating group) is 1. The third-order valence-corrected chi connectivity index (χ3v) is 6.82. The van der Waals surface area contributed by atoms with Gasteiger partial charge in [0.05, 0.1) is 11.6 Å². The molecule has 0 radical (unpaired) electrons. The van der Waals surface area contributed by atoms with E-state index in [2.05, 4.69) is 24.8 Å². The monoisotopic (exact) mass is 498 g/mol. The number of nitrogens with zero attached hydrogens (tertiary/aromatic N) is 2. The van der Waals surface area contributed by atoms with E-state index in [1.165, 1.54) is 5.56 Å². The van der Waals surface area contributed by atoms with Crippen LogP contribution in [0.15, 0.2) is 84.4 Å². The molecule has 1 N–H and O–H groups in total. The first-order valence-electron chi connectivity index (χ1n) is 12.8. The number of carbonyl (C=O) groups excluding carboxylic acids is 2. The lowest BCUT2D eigenvalue weighted by Crippen LogP contribution is -2.38. The number of likely N-dealkylation sites (tertiary alicyclic amines) is 1. The number of hydrogen-bond donors (Lipinski definition) is 1. The number of aliphatic hydroxyl groups is 1. The van der Waals surface area contributed by atoms with E-state index < -0.39 is 17.7 Å². The van der Waals surface area contributed by atoms with Gasteiger partial charge in [-0.25, -0.2) is 0 Å². The Morgan fingerprint density at radius 1 is 0.946 bits per heavy atom. The molecule has 6 nitrogen and oxygen atoms in total. The maximum atomic E-state index is 13.2. The molecule has 1 fully saturated rings. The molecule has 4 rings (SSSR count). The molecule has 1 atom stereocenters. The van der Waals surface area contributed by atoms with E-state index in [9.17, 15) is 14.7 Å². The normalized spacial score (nSPS) is 17.0. The molecule has 1 saturated heterocycles. The fraction of sp³-hybridized carbons (Fsp3) is 0.290. The number of rotatable bonds is 10. The van der Waals surface area contributed by atoms with Gasteiger partial charge in [0.2, 0.25) is 0 Å². The van der Waals surface area contributed by atoms with Crippen LogP contribution in [0.1, 0.15) is 42.1 Å². The summed E-state index contributed by atoms with van der Waals surface area (Å²) < 4.78 is 5.90. The van der Waals surface area contributed by atoms with Crippen molar-refractivity contribution in [1.29, 1.82) is 0 Å². The lowest BCUT2D eigenvalue weighted by molar-refractivity contribution is -0.140. The van der Waals surface area contributed by atoms with Gasteiger partial charge in [-0.05, 0) is 55.4 Å². The van der Waals surface area contributed by atoms with E-state index >= 15 is 0 Å². The number of Topliss-reactive ketones (excluding diaryl/α,β-unsaturated/α-hetero) is 1. The zero-order chi connectivity index (χ0) is 26.4. The third kappa shape index (κ3) is 5.92. The molecule has 0 spiro atoms. The second kappa shape index (κ2) is 11.9. The van der Waals surface area contributed by atoms with Gasteiger partial charge < -0.3 is 19.6 Å². The molecule has 192 valence electrons. The zero-order valence-corrected chi connectivity index (χ0v) is 21.7. The molecule has 0 aromatic heterocycles. The van der Waals surface area contributed by atoms with Gasteiger partial charge in [-0.15, -0.1) is 0 Å². The van der Waals surface area contributed by atoms with Crippen molar-refractivity contribution in [3.8, 4) is 5.75 Å². The average molecular weight is 499 g/mol. The standard InChI is InChI=1S/C31H34N2O4/c1-4-32(5-2)18-19-33-28(24-12-7-6-8-13-24)27(30(35)31(33)36)29(34)25-14-16-26(17-15-25)37-21-23-11-9-10-22(3)20-23/h6-17,20,28,34H,4-5,18-19,21H2,1-3H3/t28-/m1/s1. The van der Waals surface area contributed by atoms with Crippen molar-refractivity contribution in [2.24, 2.45) is 0 Å². The van der Waals surface area contributed by atoms with Crippen LogP contribution in [-0.2, 0) is 16.2 Å². The molecule has 1 amide bonds. The highest BCUT2D eigenvalue weighted by Gasteiger charge is 2.45. The number of benzene rings is 3. The van der Waals surface area contributed by atoms with Crippen molar-refractivity contribution in [2.45, 2.75) is 33.4 Å². The molecular formula is C31H34N2O4. The molecule has 1 heterocycles. The average Bonchev–Trinajstić information content (AvgIpc) is 3.18. The van der Waals surface area contributed by atoms with Crippen LogP contribution in [-0.4, -0.2) is 52.8 Å². The van der Waals surface area contributed by atoms with Gasteiger partial charge in [-0.3, -0.25) is 9.59 Å². The molecule has 0 saturated carbocycles. The quantitative estimate of drug-likeness (QED) is 0.232. The first-order chi connectivity index (χ1) is 17.9. The number of aliphatic hydroxyl groups excluding tert-OH is 1. The molecule has 0 bridgehead atoms. The Balaban J connectivity index is 1.61. The summed E-state index contributed by atoms with van der Waals surface area (Å²) in [6.45, 7) is 9.37. The van der Waals surface area contributed by atoms with Crippen molar-refractivity contribution in [1.82, 2.24) is 9.80 Å². The molecule has 37 heavy (non-hydrogen) atoms. The molecule has 0 unspecified atom stereocenters. The SMILES string of the molecule is CCN(CC)CCN1C(=O)C(=O)C(=C(O)c2ccc(OCc3cccc(C)c3)cc2)[C@H]1c1ccccc1.